The molecule has 1 fully saturated rings. The van der Waals surface area contributed by atoms with Gasteiger partial charge in [0, 0.05) is 29.4 Å². The fourth-order valence-electron chi connectivity index (χ4n) is 4.80. The highest BCUT2D eigenvalue weighted by Crippen LogP contribution is 2.34. The van der Waals surface area contributed by atoms with E-state index >= 15 is 0 Å². The van der Waals surface area contributed by atoms with Gasteiger partial charge >= 0.3 is 11.6 Å². The molecule has 1 saturated heterocycles. The molecular formula is C24H26F2N7O+. The summed E-state index contributed by atoms with van der Waals surface area (Å²) < 4.78 is 30.4. The van der Waals surface area contributed by atoms with Crippen molar-refractivity contribution in [1.82, 2.24) is 24.1 Å². The number of aromatic nitrogens is 5. The van der Waals surface area contributed by atoms with Crippen LogP contribution in [-0.2, 0) is 6.54 Å². The number of hydrogen-bond acceptors (Lipinski definition) is 5. The lowest BCUT2D eigenvalue weighted by molar-refractivity contribution is -0.351. The normalized spacial score (nSPS) is 18.1. The summed E-state index contributed by atoms with van der Waals surface area (Å²) in [5.74, 6) is -2.67. The fourth-order valence-corrected chi connectivity index (χ4v) is 4.80. The average molecular weight is 467 g/mol. The lowest BCUT2D eigenvalue weighted by Crippen LogP contribution is -2.35. The Bertz CT molecular complexity index is 1430. The van der Waals surface area contributed by atoms with Crippen molar-refractivity contribution >= 4 is 11.6 Å². The van der Waals surface area contributed by atoms with Crippen LogP contribution >= 0.6 is 0 Å². The van der Waals surface area contributed by atoms with Crippen LogP contribution in [0, 0.1) is 13.8 Å². The monoisotopic (exact) mass is 466 g/mol. The second kappa shape index (κ2) is 7.98. The topological polar surface area (TPSA) is 95.6 Å². The average Bonchev–Trinajstić information content (AvgIpc) is 3.22. The van der Waals surface area contributed by atoms with Gasteiger partial charge in [0.05, 0.1) is 18.7 Å². The van der Waals surface area contributed by atoms with Gasteiger partial charge in [0.15, 0.2) is 0 Å². The molecule has 0 spiro atoms. The largest absolute Gasteiger partial charge is 0.411 e. The molecule has 34 heavy (non-hydrogen) atoms. The number of nitrogens with zero attached hydrogens (tertiary/aromatic N) is 5. The molecule has 176 valence electrons. The Hall–Kier alpha value is -3.66. The minimum absolute atomic E-state index is 0.0422. The number of aryl methyl sites for hydroxylation is 2. The fraction of sp³-hybridized carbons (Fsp3) is 0.333. The Balaban J connectivity index is 1.75. The summed E-state index contributed by atoms with van der Waals surface area (Å²) in [6, 6.07) is 13.0. The zero-order valence-corrected chi connectivity index (χ0v) is 19.2. The summed E-state index contributed by atoms with van der Waals surface area (Å²) in [6.07, 6.45) is -0.323. The van der Waals surface area contributed by atoms with Gasteiger partial charge in [0.1, 0.15) is 5.69 Å². The van der Waals surface area contributed by atoms with E-state index in [1.54, 1.807) is 11.9 Å². The number of benzene rings is 1. The summed E-state index contributed by atoms with van der Waals surface area (Å²) in [6.45, 7) is 3.50. The Morgan fingerprint density at radius 3 is 2.44 bits per heavy atom. The molecule has 1 aliphatic heterocycles. The number of alkyl halides is 2. The molecule has 0 amide bonds. The van der Waals surface area contributed by atoms with Crippen LogP contribution in [0.25, 0.3) is 28.0 Å². The number of fused-ring (bicyclic) bond motifs is 1. The third-order valence-corrected chi connectivity index (χ3v) is 6.26. The molecular weight excluding hydrogens is 440 g/mol. The van der Waals surface area contributed by atoms with Gasteiger partial charge in [-0.2, -0.15) is 4.68 Å². The minimum atomic E-state index is -2.79. The third-order valence-electron chi connectivity index (χ3n) is 6.26. The summed E-state index contributed by atoms with van der Waals surface area (Å²) in [7, 11) is 1.63. The van der Waals surface area contributed by atoms with Crippen molar-refractivity contribution in [3.63, 3.8) is 0 Å². The predicted octanol–water partition coefficient (Wildman–Crippen LogP) is 2.58. The number of H-pyrrole nitrogens is 1. The number of likely N-dealkylation sites (N-methyl/N-ethyl adjacent to an activating group) is 1. The van der Waals surface area contributed by atoms with E-state index < -0.39 is 17.7 Å². The predicted molar refractivity (Wildman–Crippen MR) is 125 cm³/mol. The van der Waals surface area contributed by atoms with Gasteiger partial charge in [-0.15, -0.1) is 9.50 Å². The summed E-state index contributed by atoms with van der Waals surface area (Å²) in [4.78, 5) is 22.5. The molecule has 8 nitrogen and oxygen atoms in total. The Morgan fingerprint density at radius 2 is 1.82 bits per heavy atom. The Kier molecular flexibility index (Phi) is 5.20. The molecule has 0 radical (unpaired) electrons. The highest BCUT2D eigenvalue weighted by Gasteiger charge is 2.43. The van der Waals surface area contributed by atoms with Crippen LogP contribution in [0.5, 0.6) is 0 Å². The molecule has 10 heteroatoms. The molecule has 3 N–H and O–H groups in total. The number of halogens is 2. The van der Waals surface area contributed by atoms with Crippen LogP contribution in [0.4, 0.5) is 14.7 Å². The van der Waals surface area contributed by atoms with Crippen LogP contribution < -0.4 is 16.4 Å². The van der Waals surface area contributed by atoms with E-state index in [1.165, 1.54) is 9.08 Å². The second-order valence-electron chi connectivity index (χ2n) is 9.02. The number of nitrogens with one attached hydrogen (secondary N) is 1. The molecule has 1 atom stereocenters. The molecule has 3 aromatic heterocycles. The van der Waals surface area contributed by atoms with Crippen LogP contribution in [0.1, 0.15) is 17.8 Å². The molecule has 1 aliphatic rings. The Labute approximate surface area is 194 Å². The number of likely N-dealkylation sites (tertiary alicyclic amines) is 1. The highest BCUT2D eigenvalue weighted by molar-refractivity contribution is 5.88. The SMILES string of the molecule is Cc1cc(-c2c(-c3ccccc3)[nH+]c(N)n3c(=O)n(C[C@@H]4CC(F)(F)CN4C)nc23)cc(C)n1. The van der Waals surface area contributed by atoms with Crippen molar-refractivity contribution in [3.8, 4) is 22.4 Å². The number of rotatable bonds is 4. The standard InChI is InChI=1S/C24H25F2N7O/c1-14-9-17(10-15(2)28-14)19-20(16-7-5-4-6-8-16)29-22(27)33-21(19)30-32(23(33)34)12-18-11-24(25,26)13-31(18)3/h4-10,18H,11-13H2,1-3H3,(H2,27,29)/p+1/t18-/m0/s1. The molecule has 4 heterocycles. The first-order valence-electron chi connectivity index (χ1n) is 11.1. The number of aromatic amines is 1. The number of nitrogens with two attached hydrogens (primary N) is 1. The van der Waals surface area contributed by atoms with Gasteiger partial charge < -0.3 is 0 Å². The van der Waals surface area contributed by atoms with Gasteiger partial charge in [-0.1, -0.05) is 30.3 Å². The van der Waals surface area contributed by atoms with Crippen molar-refractivity contribution in [2.75, 3.05) is 19.3 Å². The lowest BCUT2D eigenvalue weighted by Gasteiger charge is -2.16. The lowest BCUT2D eigenvalue weighted by atomic mass is 9.99. The van der Waals surface area contributed by atoms with Gasteiger partial charge in [-0.05, 0) is 38.6 Å². The maximum absolute atomic E-state index is 13.9. The van der Waals surface area contributed by atoms with Crippen LogP contribution in [0.15, 0.2) is 47.3 Å². The van der Waals surface area contributed by atoms with E-state index in [0.717, 1.165) is 22.5 Å². The van der Waals surface area contributed by atoms with E-state index in [2.05, 4.69) is 15.1 Å². The number of pyridine rings is 1. The zero-order chi connectivity index (χ0) is 24.2. The maximum atomic E-state index is 13.9. The van der Waals surface area contributed by atoms with E-state index in [1.807, 2.05) is 56.3 Å². The summed E-state index contributed by atoms with van der Waals surface area (Å²) in [5.41, 5.74) is 10.9. The third kappa shape index (κ3) is 3.83. The van der Waals surface area contributed by atoms with Crippen molar-refractivity contribution < 1.29 is 13.8 Å². The van der Waals surface area contributed by atoms with Crippen LogP contribution in [0.3, 0.4) is 0 Å². The number of hydrogen-bond donors (Lipinski definition) is 1. The molecule has 0 aliphatic carbocycles. The molecule has 0 unspecified atom stereocenters. The molecule has 0 saturated carbocycles. The van der Waals surface area contributed by atoms with Crippen molar-refractivity contribution in [3.05, 3.63) is 64.3 Å². The molecule has 5 rings (SSSR count). The van der Waals surface area contributed by atoms with Crippen LogP contribution in [-0.4, -0.2) is 49.6 Å². The Morgan fingerprint density at radius 1 is 1.15 bits per heavy atom. The van der Waals surface area contributed by atoms with Gasteiger partial charge in [0.2, 0.25) is 5.65 Å². The first kappa shape index (κ1) is 22.1. The minimum Gasteiger partial charge on any atom is -0.295 e. The number of nitrogen functional groups attached to an aromatic ring is 1. The molecule has 1 aromatic carbocycles. The first-order valence-corrected chi connectivity index (χ1v) is 11.1. The van der Waals surface area contributed by atoms with E-state index in [-0.39, 0.29) is 25.5 Å². The smallest absolute Gasteiger partial charge is 0.295 e. The van der Waals surface area contributed by atoms with Gasteiger partial charge in [0.25, 0.3) is 5.92 Å². The van der Waals surface area contributed by atoms with Crippen molar-refractivity contribution in [2.24, 2.45) is 0 Å². The van der Waals surface area contributed by atoms with E-state index in [0.29, 0.717) is 16.9 Å². The van der Waals surface area contributed by atoms with E-state index in [4.69, 9.17) is 5.73 Å². The van der Waals surface area contributed by atoms with Gasteiger partial charge in [-0.25, -0.2) is 18.6 Å². The van der Waals surface area contributed by atoms with E-state index in [9.17, 15) is 13.6 Å². The van der Waals surface area contributed by atoms with Gasteiger partial charge in [-0.3, -0.25) is 15.6 Å². The molecule has 0 bridgehead atoms. The number of anilines is 1. The first-order chi connectivity index (χ1) is 16.1. The van der Waals surface area contributed by atoms with Crippen molar-refractivity contribution in [1.29, 1.82) is 0 Å². The second-order valence-corrected chi connectivity index (χ2v) is 9.02. The highest BCUT2D eigenvalue weighted by atomic mass is 19.3. The quantitative estimate of drug-likeness (QED) is 0.499. The summed E-state index contributed by atoms with van der Waals surface area (Å²) in [5, 5.41) is 4.62. The summed E-state index contributed by atoms with van der Waals surface area (Å²) >= 11 is 0. The maximum Gasteiger partial charge on any atom is 0.411 e. The van der Waals surface area contributed by atoms with Crippen LogP contribution in [0.2, 0.25) is 0 Å². The zero-order valence-electron chi connectivity index (χ0n) is 19.2. The molecule has 4 aromatic rings. The van der Waals surface area contributed by atoms with Crippen molar-refractivity contribution in [2.45, 2.75) is 38.8 Å².